The van der Waals surface area contributed by atoms with Gasteiger partial charge in [0.1, 0.15) is 6.61 Å². The van der Waals surface area contributed by atoms with Crippen molar-refractivity contribution in [3.8, 4) is 11.5 Å². The van der Waals surface area contributed by atoms with Gasteiger partial charge in [-0.15, -0.1) is 0 Å². The van der Waals surface area contributed by atoms with Crippen LogP contribution in [-0.2, 0) is 0 Å². The molecule has 1 aliphatic rings. The van der Waals surface area contributed by atoms with Crippen LogP contribution in [0.3, 0.4) is 0 Å². The molecule has 1 aliphatic heterocycles. The van der Waals surface area contributed by atoms with E-state index in [1.165, 1.54) is 12.8 Å². The highest BCUT2D eigenvalue weighted by Crippen LogP contribution is 2.26. The van der Waals surface area contributed by atoms with Gasteiger partial charge in [-0.05, 0) is 31.9 Å². The normalized spacial score (nSPS) is 23.6. The zero-order valence-corrected chi connectivity index (χ0v) is 12.4. The Balaban J connectivity index is 1.88. The number of para-hydroxylation sites is 2. The van der Waals surface area contributed by atoms with Crippen molar-refractivity contribution in [1.29, 1.82) is 0 Å². The van der Waals surface area contributed by atoms with Crippen molar-refractivity contribution in [3.05, 3.63) is 24.3 Å². The van der Waals surface area contributed by atoms with Crippen molar-refractivity contribution in [2.75, 3.05) is 26.9 Å². The number of rotatable bonds is 6. The Kier molecular flexibility index (Phi) is 5.68. The van der Waals surface area contributed by atoms with Gasteiger partial charge in [-0.2, -0.15) is 0 Å². The lowest BCUT2D eigenvalue weighted by molar-refractivity contribution is 0.0408. The highest BCUT2D eigenvalue weighted by Gasteiger charge is 2.26. The molecule has 4 nitrogen and oxygen atoms in total. The number of nitrogens with zero attached hydrogens (tertiary/aromatic N) is 1. The summed E-state index contributed by atoms with van der Waals surface area (Å²) in [6.45, 7) is 3.91. The zero-order valence-electron chi connectivity index (χ0n) is 12.4. The van der Waals surface area contributed by atoms with E-state index in [4.69, 9.17) is 9.47 Å². The number of hydrogen-bond acceptors (Lipinski definition) is 4. The molecule has 2 atom stereocenters. The molecule has 0 amide bonds. The van der Waals surface area contributed by atoms with Gasteiger partial charge in [-0.25, -0.2) is 0 Å². The average Bonchev–Trinajstić information content (AvgIpc) is 2.49. The fourth-order valence-corrected chi connectivity index (χ4v) is 2.94. The van der Waals surface area contributed by atoms with Crippen molar-refractivity contribution in [2.45, 2.75) is 38.3 Å². The first-order valence-corrected chi connectivity index (χ1v) is 7.38. The van der Waals surface area contributed by atoms with Gasteiger partial charge in [0.25, 0.3) is 0 Å². The van der Waals surface area contributed by atoms with Gasteiger partial charge in [0, 0.05) is 18.6 Å². The summed E-state index contributed by atoms with van der Waals surface area (Å²) in [4.78, 5) is 2.36. The largest absolute Gasteiger partial charge is 0.493 e. The molecule has 1 fully saturated rings. The van der Waals surface area contributed by atoms with Gasteiger partial charge in [0.2, 0.25) is 0 Å². The molecule has 0 saturated carbocycles. The summed E-state index contributed by atoms with van der Waals surface area (Å²) in [6, 6.07) is 8.48. The molecular formula is C16H25NO3. The van der Waals surface area contributed by atoms with Crippen LogP contribution < -0.4 is 9.47 Å². The van der Waals surface area contributed by atoms with E-state index in [0.29, 0.717) is 12.6 Å². The van der Waals surface area contributed by atoms with Crippen LogP contribution in [0.2, 0.25) is 0 Å². The minimum absolute atomic E-state index is 0.235. The number of aliphatic hydroxyl groups excluding tert-OH is 1. The fourth-order valence-electron chi connectivity index (χ4n) is 2.94. The average molecular weight is 279 g/mol. The fraction of sp³-hybridized carbons (Fsp3) is 0.625. The first-order chi connectivity index (χ1) is 9.76. The SMILES string of the molecule is COc1ccccc1OCCN1C(C)CCCC1CO. The van der Waals surface area contributed by atoms with Crippen LogP contribution in [0, 0.1) is 0 Å². The highest BCUT2D eigenvalue weighted by atomic mass is 16.5. The van der Waals surface area contributed by atoms with Crippen LogP contribution in [0.15, 0.2) is 24.3 Å². The summed E-state index contributed by atoms with van der Waals surface area (Å²) in [5.74, 6) is 1.54. The van der Waals surface area contributed by atoms with Crippen LogP contribution >= 0.6 is 0 Å². The lowest BCUT2D eigenvalue weighted by atomic mass is 9.97. The Hall–Kier alpha value is -1.26. The van der Waals surface area contributed by atoms with Crippen molar-refractivity contribution >= 4 is 0 Å². The Morgan fingerprint density at radius 1 is 1.25 bits per heavy atom. The third kappa shape index (κ3) is 3.64. The summed E-state index contributed by atoms with van der Waals surface area (Å²) in [5.41, 5.74) is 0. The van der Waals surface area contributed by atoms with Gasteiger partial charge in [-0.3, -0.25) is 4.90 Å². The van der Waals surface area contributed by atoms with E-state index in [9.17, 15) is 5.11 Å². The van der Waals surface area contributed by atoms with Crippen LogP contribution in [0.4, 0.5) is 0 Å². The molecule has 1 heterocycles. The molecule has 112 valence electrons. The molecule has 0 radical (unpaired) electrons. The molecule has 1 aromatic rings. The molecule has 0 spiro atoms. The smallest absolute Gasteiger partial charge is 0.161 e. The summed E-state index contributed by atoms with van der Waals surface area (Å²) >= 11 is 0. The molecule has 1 N–H and O–H groups in total. The third-order valence-electron chi connectivity index (χ3n) is 4.08. The summed E-state index contributed by atoms with van der Waals surface area (Å²) in [6.07, 6.45) is 3.48. The second-order valence-electron chi connectivity index (χ2n) is 5.35. The summed E-state index contributed by atoms with van der Waals surface area (Å²) in [7, 11) is 1.65. The first kappa shape index (κ1) is 15.1. The Morgan fingerprint density at radius 2 is 2.00 bits per heavy atom. The lowest BCUT2D eigenvalue weighted by Crippen LogP contribution is -2.48. The van der Waals surface area contributed by atoms with Crippen LogP contribution in [0.1, 0.15) is 26.2 Å². The predicted octanol–water partition coefficient (Wildman–Crippen LogP) is 2.31. The number of likely N-dealkylation sites (tertiary alicyclic amines) is 1. The number of ether oxygens (including phenoxy) is 2. The molecule has 2 unspecified atom stereocenters. The van der Waals surface area contributed by atoms with Crippen molar-refractivity contribution < 1.29 is 14.6 Å². The number of methoxy groups -OCH3 is 1. The minimum atomic E-state index is 0.235. The molecule has 0 aromatic heterocycles. The Bertz CT molecular complexity index is 410. The molecule has 2 rings (SSSR count). The van der Waals surface area contributed by atoms with E-state index in [1.807, 2.05) is 24.3 Å². The maximum Gasteiger partial charge on any atom is 0.161 e. The van der Waals surface area contributed by atoms with Gasteiger partial charge < -0.3 is 14.6 Å². The molecule has 1 aromatic carbocycles. The van der Waals surface area contributed by atoms with Crippen LogP contribution in [0.5, 0.6) is 11.5 Å². The quantitative estimate of drug-likeness (QED) is 0.867. The topological polar surface area (TPSA) is 41.9 Å². The lowest BCUT2D eigenvalue weighted by Gasteiger charge is -2.39. The molecule has 1 saturated heterocycles. The second-order valence-corrected chi connectivity index (χ2v) is 5.35. The summed E-state index contributed by atoms with van der Waals surface area (Å²) < 4.78 is 11.1. The molecule has 4 heteroatoms. The molecule has 20 heavy (non-hydrogen) atoms. The van der Waals surface area contributed by atoms with Crippen molar-refractivity contribution in [1.82, 2.24) is 4.90 Å². The number of aliphatic hydroxyl groups is 1. The van der Waals surface area contributed by atoms with Gasteiger partial charge >= 0.3 is 0 Å². The summed E-state index contributed by atoms with van der Waals surface area (Å²) in [5, 5.41) is 9.48. The van der Waals surface area contributed by atoms with E-state index in [0.717, 1.165) is 24.5 Å². The number of benzene rings is 1. The molecule has 0 bridgehead atoms. The van der Waals surface area contributed by atoms with E-state index in [1.54, 1.807) is 7.11 Å². The van der Waals surface area contributed by atoms with Crippen molar-refractivity contribution in [2.24, 2.45) is 0 Å². The third-order valence-corrected chi connectivity index (χ3v) is 4.08. The maximum atomic E-state index is 9.48. The van der Waals surface area contributed by atoms with E-state index < -0.39 is 0 Å². The van der Waals surface area contributed by atoms with Gasteiger partial charge in [0.05, 0.1) is 13.7 Å². The van der Waals surface area contributed by atoms with E-state index in [-0.39, 0.29) is 12.6 Å². The monoisotopic (exact) mass is 279 g/mol. The first-order valence-electron chi connectivity index (χ1n) is 7.38. The van der Waals surface area contributed by atoms with Crippen molar-refractivity contribution in [3.63, 3.8) is 0 Å². The Labute approximate surface area is 121 Å². The predicted molar refractivity (Wildman–Crippen MR) is 79.4 cm³/mol. The highest BCUT2D eigenvalue weighted by molar-refractivity contribution is 5.39. The van der Waals surface area contributed by atoms with Gasteiger partial charge in [0.15, 0.2) is 11.5 Å². The van der Waals surface area contributed by atoms with Gasteiger partial charge in [-0.1, -0.05) is 18.6 Å². The standard InChI is InChI=1S/C16H25NO3/c1-13-6-5-7-14(12-18)17(13)10-11-20-16-9-4-3-8-15(16)19-2/h3-4,8-9,13-14,18H,5-7,10-12H2,1-2H3. The maximum absolute atomic E-state index is 9.48. The second kappa shape index (κ2) is 7.50. The molecular weight excluding hydrogens is 254 g/mol. The van der Waals surface area contributed by atoms with E-state index in [2.05, 4.69) is 11.8 Å². The van der Waals surface area contributed by atoms with Crippen LogP contribution in [0.25, 0.3) is 0 Å². The number of hydrogen-bond donors (Lipinski definition) is 1. The number of piperidine rings is 1. The molecule has 0 aliphatic carbocycles. The van der Waals surface area contributed by atoms with E-state index >= 15 is 0 Å². The van der Waals surface area contributed by atoms with Crippen LogP contribution in [-0.4, -0.2) is 49.0 Å². The Morgan fingerprint density at radius 3 is 2.70 bits per heavy atom. The zero-order chi connectivity index (χ0) is 14.4. The minimum Gasteiger partial charge on any atom is -0.493 e.